The van der Waals surface area contributed by atoms with Gasteiger partial charge in [-0.05, 0) is 60.3 Å². The second-order valence-electron chi connectivity index (χ2n) is 10.8. The highest BCUT2D eigenvalue weighted by Gasteiger charge is 2.26. The van der Waals surface area contributed by atoms with E-state index < -0.39 is 11.9 Å². The zero-order chi connectivity index (χ0) is 32.4. The summed E-state index contributed by atoms with van der Waals surface area (Å²) >= 11 is 0. The predicted molar refractivity (Wildman–Crippen MR) is 181 cm³/mol. The number of hydrogen-bond acceptors (Lipinski definition) is 7. The van der Waals surface area contributed by atoms with Crippen LogP contribution in [0.5, 0.6) is 0 Å². The molecule has 8 nitrogen and oxygen atoms in total. The van der Waals surface area contributed by atoms with Gasteiger partial charge in [-0.2, -0.15) is 0 Å². The zero-order valence-electron chi connectivity index (χ0n) is 25.8. The van der Waals surface area contributed by atoms with Crippen molar-refractivity contribution in [1.82, 2.24) is 20.6 Å². The number of hydrogen-bond donors (Lipinski definition) is 4. The number of nitrogens with one attached hydrogen (secondary N) is 2. The molecule has 8 heteroatoms. The Morgan fingerprint density at radius 2 is 1.17 bits per heavy atom. The van der Waals surface area contributed by atoms with Crippen molar-refractivity contribution in [3.05, 3.63) is 167 Å². The largest absolute Gasteiger partial charge is 0.481 e. The van der Waals surface area contributed by atoms with Crippen LogP contribution < -0.4 is 16.4 Å². The van der Waals surface area contributed by atoms with Crippen LogP contribution in [0.25, 0.3) is 0 Å². The summed E-state index contributed by atoms with van der Waals surface area (Å²) in [6.07, 6.45) is 4.37. The van der Waals surface area contributed by atoms with E-state index in [4.69, 9.17) is 5.73 Å². The molecule has 0 aliphatic rings. The maximum Gasteiger partial charge on any atom is 0.314 e. The Balaban J connectivity index is 0.000000284. The molecule has 0 unspecified atom stereocenters. The number of pyridine rings is 2. The lowest BCUT2D eigenvalue weighted by atomic mass is 9.93. The fraction of sp³-hybridized carbons (Fsp3) is 0.211. The van der Waals surface area contributed by atoms with Crippen LogP contribution in [0.3, 0.4) is 0 Å². The fourth-order valence-corrected chi connectivity index (χ4v) is 4.86. The highest BCUT2D eigenvalue weighted by molar-refractivity contribution is 6.08. The van der Waals surface area contributed by atoms with E-state index in [0.29, 0.717) is 38.2 Å². The third-order valence-corrected chi connectivity index (χ3v) is 7.41. The molecule has 0 spiro atoms. The Morgan fingerprint density at radius 1 is 0.652 bits per heavy atom. The van der Waals surface area contributed by atoms with E-state index in [1.807, 2.05) is 84.9 Å². The number of carbonyl (C=O) groups is 2. The normalized spacial score (nSPS) is 11.3. The molecule has 5 rings (SSSR count). The molecule has 0 saturated carbocycles. The van der Waals surface area contributed by atoms with Crippen LogP contribution in [0.15, 0.2) is 134 Å². The fourth-order valence-electron chi connectivity index (χ4n) is 4.86. The van der Waals surface area contributed by atoms with Crippen molar-refractivity contribution in [2.75, 3.05) is 6.54 Å². The van der Waals surface area contributed by atoms with Gasteiger partial charge >= 0.3 is 5.97 Å². The van der Waals surface area contributed by atoms with Gasteiger partial charge in [-0.25, -0.2) is 0 Å². The lowest BCUT2D eigenvalue weighted by Crippen LogP contribution is -2.25. The van der Waals surface area contributed by atoms with Crippen molar-refractivity contribution in [1.29, 1.82) is 0 Å². The lowest BCUT2D eigenvalue weighted by molar-refractivity contribution is -0.140. The molecule has 46 heavy (non-hydrogen) atoms. The van der Waals surface area contributed by atoms with E-state index in [2.05, 4.69) is 44.9 Å². The van der Waals surface area contributed by atoms with Crippen LogP contribution in [-0.4, -0.2) is 33.4 Å². The molecule has 1 atom stereocenters. The molecular weight excluding hydrogens is 574 g/mol. The van der Waals surface area contributed by atoms with Gasteiger partial charge < -0.3 is 21.5 Å². The SMILES string of the molecule is NC(c1ccccc1)c1ccccc1.O=C(O)[C@@H](CCCNCc1ccccn1)C(=O)c1ccc(CNCc2ccccn2)cc1. The number of carboxylic acid groups (broad SMARTS) is 1. The average Bonchev–Trinajstić information content (AvgIpc) is 3.11. The van der Waals surface area contributed by atoms with Crippen molar-refractivity contribution in [3.63, 3.8) is 0 Å². The standard InChI is InChI=1S/C25H28N4O3.C13H13N/c30-24(23(25(31)32)8-5-13-26-17-21-6-1-3-14-28-21)20-11-9-19(10-12-20)16-27-18-22-7-2-4-15-29-22;14-13(11-7-3-1-4-8-11)12-9-5-2-6-10-12/h1-4,6-7,9-12,14-15,23,26-27H,5,8,13,16-18H2,(H,31,32);1-10,13H,14H2/t23-;/m0./s1. The molecular formula is C38H41N5O3. The number of aromatic nitrogens is 2. The second-order valence-corrected chi connectivity index (χ2v) is 10.8. The van der Waals surface area contributed by atoms with E-state index in [0.717, 1.165) is 28.1 Å². The Kier molecular flexibility index (Phi) is 13.8. The minimum atomic E-state index is -1.08. The van der Waals surface area contributed by atoms with E-state index in [1.54, 1.807) is 24.5 Å². The third-order valence-electron chi connectivity index (χ3n) is 7.41. The summed E-state index contributed by atoms with van der Waals surface area (Å²) < 4.78 is 0. The Morgan fingerprint density at radius 3 is 1.67 bits per heavy atom. The molecule has 5 N–H and O–H groups in total. The molecule has 0 aliphatic carbocycles. The van der Waals surface area contributed by atoms with Gasteiger partial charge in [0.1, 0.15) is 5.92 Å². The summed E-state index contributed by atoms with van der Waals surface area (Å²) in [4.78, 5) is 32.9. The van der Waals surface area contributed by atoms with Crippen LogP contribution in [0, 0.1) is 5.92 Å². The minimum Gasteiger partial charge on any atom is -0.481 e. The van der Waals surface area contributed by atoms with E-state index >= 15 is 0 Å². The summed E-state index contributed by atoms with van der Waals surface area (Å²) in [5, 5.41) is 16.1. The second kappa shape index (κ2) is 18.7. The maximum atomic E-state index is 12.7. The number of benzene rings is 3. The smallest absolute Gasteiger partial charge is 0.314 e. The number of aliphatic carboxylic acids is 1. The van der Waals surface area contributed by atoms with Gasteiger partial charge in [0, 0.05) is 37.6 Å². The molecule has 2 aromatic heterocycles. The van der Waals surface area contributed by atoms with Gasteiger partial charge in [-0.3, -0.25) is 19.6 Å². The van der Waals surface area contributed by atoms with Crippen LogP contribution >= 0.6 is 0 Å². The maximum absolute atomic E-state index is 12.7. The van der Waals surface area contributed by atoms with Crippen LogP contribution in [0.1, 0.15) is 57.3 Å². The average molecular weight is 616 g/mol. The monoisotopic (exact) mass is 615 g/mol. The van der Waals surface area contributed by atoms with Crippen molar-refractivity contribution in [2.45, 2.75) is 38.5 Å². The number of carbonyl (C=O) groups excluding carboxylic acids is 1. The Labute approximate surface area is 270 Å². The molecule has 0 bridgehead atoms. The molecule has 3 aromatic carbocycles. The first-order chi connectivity index (χ1) is 22.5. The van der Waals surface area contributed by atoms with Crippen LogP contribution in [0.4, 0.5) is 0 Å². The van der Waals surface area contributed by atoms with Crippen LogP contribution in [0.2, 0.25) is 0 Å². The van der Waals surface area contributed by atoms with E-state index in [1.165, 1.54) is 0 Å². The van der Waals surface area contributed by atoms with Crippen LogP contribution in [-0.2, 0) is 24.4 Å². The van der Waals surface area contributed by atoms with Gasteiger partial charge in [0.25, 0.3) is 0 Å². The van der Waals surface area contributed by atoms with Gasteiger partial charge in [-0.1, -0.05) is 97.1 Å². The quantitative estimate of drug-likeness (QED) is 0.0646. The summed E-state index contributed by atoms with van der Waals surface area (Å²) in [6, 6.07) is 38.8. The van der Waals surface area contributed by atoms with Crippen molar-refractivity contribution < 1.29 is 14.7 Å². The number of ketones is 1. The number of nitrogens with two attached hydrogens (primary N) is 1. The number of Topliss-reactive ketones (excluding diaryl/α,β-unsaturated/α-hetero) is 1. The van der Waals surface area contributed by atoms with Crippen molar-refractivity contribution in [2.24, 2.45) is 11.7 Å². The molecule has 0 amide bonds. The Bertz CT molecular complexity index is 1550. The lowest BCUT2D eigenvalue weighted by Gasteiger charge is -2.12. The molecule has 0 radical (unpaired) electrons. The zero-order valence-corrected chi connectivity index (χ0v) is 25.8. The third kappa shape index (κ3) is 11.2. The topological polar surface area (TPSA) is 130 Å². The molecule has 0 aliphatic heterocycles. The van der Waals surface area contributed by atoms with Crippen molar-refractivity contribution in [3.8, 4) is 0 Å². The van der Waals surface area contributed by atoms with Gasteiger partial charge in [-0.15, -0.1) is 0 Å². The first-order valence-electron chi connectivity index (χ1n) is 15.4. The van der Waals surface area contributed by atoms with Gasteiger partial charge in [0.15, 0.2) is 5.78 Å². The van der Waals surface area contributed by atoms with E-state index in [-0.39, 0.29) is 18.2 Å². The van der Waals surface area contributed by atoms with Crippen molar-refractivity contribution >= 4 is 11.8 Å². The highest BCUT2D eigenvalue weighted by atomic mass is 16.4. The highest BCUT2D eigenvalue weighted by Crippen LogP contribution is 2.18. The summed E-state index contributed by atoms with van der Waals surface area (Å²) in [5.41, 5.74) is 11.7. The van der Waals surface area contributed by atoms with Gasteiger partial charge in [0.05, 0.1) is 17.4 Å². The summed E-state index contributed by atoms with van der Waals surface area (Å²) in [5.74, 6) is -2.48. The predicted octanol–water partition coefficient (Wildman–Crippen LogP) is 5.95. The molecule has 236 valence electrons. The number of carboxylic acids is 1. The number of rotatable bonds is 15. The van der Waals surface area contributed by atoms with Gasteiger partial charge in [0.2, 0.25) is 0 Å². The summed E-state index contributed by atoms with van der Waals surface area (Å²) in [7, 11) is 0. The first-order valence-corrected chi connectivity index (χ1v) is 15.4. The van der Waals surface area contributed by atoms with E-state index in [9.17, 15) is 14.7 Å². The molecule has 5 aromatic rings. The summed E-state index contributed by atoms with van der Waals surface area (Å²) in [6.45, 7) is 2.52. The Hall–Kier alpha value is -5.02. The first kappa shape index (κ1) is 33.9. The molecule has 0 saturated heterocycles. The minimum absolute atomic E-state index is 0.0163. The molecule has 0 fully saturated rings. The molecule has 2 heterocycles. The number of nitrogens with zero attached hydrogens (tertiary/aromatic N) is 2.